The number of aryl methyl sites for hydroxylation is 2. The van der Waals surface area contributed by atoms with Crippen LogP contribution in [0.3, 0.4) is 0 Å². The Bertz CT molecular complexity index is 699. The first-order valence-electron chi connectivity index (χ1n) is 6.25. The van der Waals surface area contributed by atoms with Crippen molar-refractivity contribution < 1.29 is 19.1 Å². The molecule has 0 saturated heterocycles. The lowest BCUT2D eigenvalue weighted by Gasteiger charge is -2.19. The van der Waals surface area contributed by atoms with Gasteiger partial charge in [0.15, 0.2) is 11.4 Å². The Labute approximate surface area is 120 Å². The zero-order chi connectivity index (χ0) is 15.8. The van der Waals surface area contributed by atoms with Crippen molar-refractivity contribution in [3.63, 3.8) is 0 Å². The minimum atomic E-state index is -1.21. The summed E-state index contributed by atoms with van der Waals surface area (Å²) >= 11 is 0. The Morgan fingerprint density at radius 1 is 1.38 bits per heavy atom. The number of amides is 1. The number of oxazole rings is 1. The van der Waals surface area contributed by atoms with E-state index in [-0.39, 0.29) is 5.76 Å². The van der Waals surface area contributed by atoms with Gasteiger partial charge in [-0.15, -0.1) is 0 Å². The summed E-state index contributed by atoms with van der Waals surface area (Å²) in [7, 11) is 0. The molecule has 2 N–H and O–H groups in total. The van der Waals surface area contributed by atoms with Crippen LogP contribution in [0.2, 0.25) is 0 Å². The average molecular weight is 292 g/mol. The van der Waals surface area contributed by atoms with Crippen molar-refractivity contribution in [3.05, 3.63) is 29.7 Å². The summed E-state index contributed by atoms with van der Waals surface area (Å²) in [5, 5.41) is 15.7. The molecule has 0 aromatic carbocycles. The molecule has 0 fully saturated rings. The molecule has 2 rings (SSSR count). The van der Waals surface area contributed by atoms with E-state index < -0.39 is 17.4 Å². The number of carboxylic acids is 1. The molecule has 0 spiro atoms. The highest BCUT2D eigenvalue weighted by atomic mass is 16.4. The zero-order valence-electron chi connectivity index (χ0n) is 12.2. The summed E-state index contributed by atoms with van der Waals surface area (Å²) in [4.78, 5) is 27.2. The molecule has 0 aliphatic rings. The minimum absolute atomic E-state index is 0.123. The largest absolute Gasteiger partial charge is 0.479 e. The Hall–Kier alpha value is -2.64. The number of carboxylic acid groups (broad SMARTS) is 1. The molecule has 0 bridgehead atoms. The predicted molar refractivity (Wildman–Crippen MR) is 73.1 cm³/mol. The summed E-state index contributed by atoms with van der Waals surface area (Å²) in [6.07, 6.45) is 2.83. The number of aromatic nitrogens is 3. The standard InChI is InChI=1S/C13H16N4O4/c1-7-10(21-8(2)15-7)11(18)16-9-5-14-17(6-9)13(3,4)12(19)20/h5-6H,1-4H3,(H,16,18)(H,19,20). The van der Waals surface area contributed by atoms with Crippen LogP contribution < -0.4 is 5.32 Å². The van der Waals surface area contributed by atoms with Crippen LogP contribution in [0, 0.1) is 13.8 Å². The van der Waals surface area contributed by atoms with Crippen LogP contribution in [0.4, 0.5) is 5.69 Å². The van der Waals surface area contributed by atoms with Crippen molar-refractivity contribution in [1.82, 2.24) is 14.8 Å². The molecule has 8 heteroatoms. The van der Waals surface area contributed by atoms with E-state index >= 15 is 0 Å². The summed E-state index contributed by atoms with van der Waals surface area (Å²) in [5.74, 6) is -0.955. The highest BCUT2D eigenvalue weighted by Gasteiger charge is 2.30. The van der Waals surface area contributed by atoms with Gasteiger partial charge in [0, 0.05) is 13.1 Å². The van der Waals surface area contributed by atoms with Crippen LogP contribution >= 0.6 is 0 Å². The molecule has 2 aromatic heterocycles. The van der Waals surface area contributed by atoms with Crippen molar-refractivity contribution >= 4 is 17.6 Å². The fraction of sp³-hybridized carbons (Fsp3) is 0.385. The molecule has 0 aliphatic carbocycles. The highest BCUT2D eigenvalue weighted by molar-refractivity contribution is 6.02. The number of rotatable bonds is 4. The third-order valence-electron chi connectivity index (χ3n) is 3.05. The zero-order valence-corrected chi connectivity index (χ0v) is 12.2. The number of aliphatic carboxylic acids is 1. The number of nitrogens with zero attached hydrogens (tertiary/aromatic N) is 3. The molecular formula is C13H16N4O4. The maximum atomic E-state index is 12.0. The smallest absolute Gasteiger partial charge is 0.331 e. The predicted octanol–water partition coefficient (Wildman–Crippen LogP) is 1.56. The lowest BCUT2D eigenvalue weighted by molar-refractivity contribution is -0.146. The molecule has 1 amide bonds. The van der Waals surface area contributed by atoms with Crippen LogP contribution in [0.25, 0.3) is 0 Å². The van der Waals surface area contributed by atoms with E-state index in [1.54, 1.807) is 13.8 Å². The van der Waals surface area contributed by atoms with Crippen molar-refractivity contribution in [2.24, 2.45) is 0 Å². The van der Waals surface area contributed by atoms with Gasteiger partial charge in [-0.3, -0.25) is 9.48 Å². The summed E-state index contributed by atoms with van der Waals surface area (Å²) in [6, 6.07) is 0. The molecule has 0 saturated carbocycles. The number of carbonyl (C=O) groups is 2. The monoisotopic (exact) mass is 292 g/mol. The molecule has 0 unspecified atom stereocenters. The Kier molecular flexibility index (Phi) is 3.54. The maximum absolute atomic E-state index is 12.0. The van der Waals surface area contributed by atoms with Gasteiger partial charge >= 0.3 is 5.97 Å². The lowest BCUT2D eigenvalue weighted by atomic mass is 10.1. The first-order chi connectivity index (χ1) is 9.71. The molecule has 8 nitrogen and oxygen atoms in total. The van der Waals surface area contributed by atoms with Crippen LogP contribution in [-0.2, 0) is 10.3 Å². The third-order valence-corrected chi connectivity index (χ3v) is 3.05. The number of hydrogen-bond acceptors (Lipinski definition) is 5. The quantitative estimate of drug-likeness (QED) is 0.884. The van der Waals surface area contributed by atoms with Crippen LogP contribution in [0.15, 0.2) is 16.8 Å². The van der Waals surface area contributed by atoms with E-state index in [0.29, 0.717) is 17.3 Å². The van der Waals surface area contributed by atoms with Crippen molar-refractivity contribution in [3.8, 4) is 0 Å². The van der Waals surface area contributed by atoms with E-state index in [9.17, 15) is 9.59 Å². The molecule has 0 aliphatic heterocycles. The number of carbonyl (C=O) groups excluding carboxylic acids is 1. The van der Waals surface area contributed by atoms with Gasteiger partial charge in [-0.05, 0) is 20.8 Å². The van der Waals surface area contributed by atoms with E-state index in [4.69, 9.17) is 9.52 Å². The van der Waals surface area contributed by atoms with Gasteiger partial charge in [0.1, 0.15) is 0 Å². The molecular weight excluding hydrogens is 276 g/mol. The van der Waals surface area contributed by atoms with Gasteiger partial charge in [-0.25, -0.2) is 9.78 Å². The minimum Gasteiger partial charge on any atom is -0.479 e. The van der Waals surface area contributed by atoms with Gasteiger partial charge < -0.3 is 14.8 Å². The van der Waals surface area contributed by atoms with E-state index in [0.717, 1.165) is 0 Å². The van der Waals surface area contributed by atoms with Crippen molar-refractivity contribution in [1.29, 1.82) is 0 Å². The Balaban J connectivity index is 2.18. The molecule has 112 valence electrons. The molecule has 21 heavy (non-hydrogen) atoms. The van der Waals surface area contributed by atoms with Crippen LogP contribution in [0.1, 0.15) is 36.0 Å². The fourth-order valence-corrected chi connectivity index (χ4v) is 1.72. The van der Waals surface area contributed by atoms with Gasteiger partial charge in [-0.2, -0.15) is 5.10 Å². The second kappa shape index (κ2) is 5.04. The van der Waals surface area contributed by atoms with Gasteiger partial charge in [0.2, 0.25) is 5.76 Å². The normalized spacial score (nSPS) is 11.4. The third kappa shape index (κ3) is 2.78. The van der Waals surface area contributed by atoms with Crippen molar-refractivity contribution in [2.45, 2.75) is 33.2 Å². The first-order valence-corrected chi connectivity index (χ1v) is 6.25. The first kappa shape index (κ1) is 14.8. The average Bonchev–Trinajstić information content (AvgIpc) is 2.96. The molecule has 0 radical (unpaired) electrons. The molecule has 2 heterocycles. The summed E-state index contributed by atoms with van der Waals surface area (Å²) in [6.45, 7) is 6.34. The number of nitrogens with one attached hydrogen (secondary N) is 1. The van der Waals surface area contributed by atoms with E-state index in [1.165, 1.54) is 30.9 Å². The van der Waals surface area contributed by atoms with Gasteiger partial charge in [0.25, 0.3) is 5.91 Å². The highest BCUT2D eigenvalue weighted by Crippen LogP contribution is 2.18. The van der Waals surface area contributed by atoms with Crippen LogP contribution in [0.5, 0.6) is 0 Å². The second-order valence-electron chi connectivity index (χ2n) is 5.14. The van der Waals surface area contributed by atoms with E-state index in [2.05, 4.69) is 15.4 Å². The van der Waals surface area contributed by atoms with Crippen molar-refractivity contribution in [2.75, 3.05) is 5.32 Å². The lowest BCUT2D eigenvalue weighted by Crippen LogP contribution is -2.35. The maximum Gasteiger partial charge on any atom is 0.331 e. The Morgan fingerprint density at radius 3 is 2.57 bits per heavy atom. The number of hydrogen-bond donors (Lipinski definition) is 2. The summed E-state index contributed by atoms with van der Waals surface area (Å²) < 4.78 is 6.48. The molecule has 0 atom stereocenters. The molecule has 2 aromatic rings. The van der Waals surface area contributed by atoms with E-state index in [1.807, 2.05) is 0 Å². The SMILES string of the molecule is Cc1nc(C)c(C(=O)Nc2cnn(C(C)(C)C(=O)O)c2)o1. The van der Waals surface area contributed by atoms with Gasteiger partial charge in [-0.1, -0.05) is 0 Å². The second-order valence-corrected chi connectivity index (χ2v) is 5.14. The summed E-state index contributed by atoms with van der Waals surface area (Å²) in [5.41, 5.74) is -0.340. The van der Waals surface area contributed by atoms with Gasteiger partial charge in [0.05, 0.1) is 17.6 Å². The van der Waals surface area contributed by atoms with Crippen LogP contribution in [-0.4, -0.2) is 31.7 Å². The Morgan fingerprint density at radius 2 is 2.05 bits per heavy atom. The number of anilines is 1. The fourth-order valence-electron chi connectivity index (χ4n) is 1.72. The topological polar surface area (TPSA) is 110 Å².